The fourth-order valence-electron chi connectivity index (χ4n) is 2.03. The molecule has 0 aliphatic heterocycles. The van der Waals surface area contributed by atoms with Gasteiger partial charge in [0.25, 0.3) is 0 Å². The molecule has 0 amide bonds. The van der Waals surface area contributed by atoms with Crippen molar-refractivity contribution in [1.82, 2.24) is 0 Å². The minimum Gasteiger partial charge on any atom is -0.488 e. The second-order valence-corrected chi connectivity index (χ2v) is 6.87. The number of hydrogen-bond acceptors (Lipinski definition) is 3. The summed E-state index contributed by atoms with van der Waals surface area (Å²) in [6.07, 6.45) is 0.251. The number of benzene rings is 2. The molecule has 0 heterocycles. The first-order chi connectivity index (χ1) is 10.5. The molecular weight excluding hydrogens is 459 g/mol. The van der Waals surface area contributed by atoms with Crippen LogP contribution >= 0.6 is 38.5 Å². The standard InChI is InChI=1S/C17H16BrIO3/c1-11-6-7-16(14(18)8-11)22-10-13-12(9-17(20)21-2)4-3-5-15(13)19/h3-8H,9-10H2,1-2H3. The highest BCUT2D eigenvalue weighted by Crippen LogP contribution is 2.28. The number of esters is 1. The Bertz CT molecular complexity index is 686. The monoisotopic (exact) mass is 474 g/mol. The number of rotatable bonds is 5. The zero-order chi connectivity index (χ0) is 16.1. The minimum atomic E-state index is -0.250. The summed E-state index contributed by atoms with van der Waals surface area (Å²) in [5, 5.41) is 0. The van der Waals surface area contributed by atoms with E-state index in [0.717, 1.165) is 24.9 Å². The molecule has 116 valence electrons. The van der Waals surface area contributed by atoms with Gasteiger partial charge in [-0.3, -0.25) is 4.79 Å². The highest BCUT2D eigenvalue weighted by Gasteiger charge is 2.12. The van der Waals surface area contributed by atoms with Gasteiger partial charge in [0.05, 0.1) is 18.0 Å². The quantitative estimate of drug-likeness (QED) is 0.467. The van der Waals surface area contributed by atoms with Gasteiger partial charge < -0.3 is 9.47 Å². The predicted octanol–water partition coefficient (Wildman–Crippen LogP) is 4.66. The summed E-state index contributed by atoms with van der Waals surface area (Å²) < 4.78 is 12.7. The molecule has 0 aliphatic carbocycles. The molecule has 22 heavy (non-hydrogen) atoms. The Kier molecular flexibility index (Phi) is 6.26. The first kappa shape index (κ1) is 17.3. The van der Waals surface area contributed by atoms with E-state index in [0.29, 0.717) is 6.61 Å². The summed E-state index contributed by atoms with van der Waals surface area (Å²) in [4.78, 5) is 11.5. The number of aryl methyl sites for hydroxylation is 1. The van der Waals surface area contributed by atoms with Crippen molar-refractivity contribution in [1.29, 1.82) is 0 Å². The molecule has 2 aromatic carbocycles. The molecule has 0 unspecified atom stereocenters. The molecule has 5 heteroatoms. The predicted molar refractivity (Wildman–Crippen MR) is 98.1 cm³/mol. The molecule has 2 aromatic rings. The maximum Gasteiger partial charge on any atom is 0.309 e. The van der Waals surface area contributed by atoms with Crippen molar-refractivity contribution in [3.05, 3.63) is 61.1 Å². The van der Waals surface area contributed by atoms with Gasteiger partial charge in [0, 0.05) is 9.13 Å². The molecular formula is C17H16BrIO3. The molecule has 0 fully saturated rings. The first-order valence-electron chi connectivity index (χ1n) is 6.73. The molecule has 2 rings (SSSR count). The Morgan fingerprint density at radius 3 is 2.73 bits per heavy atom. The van der Waals surface area contributed by atoms with E-state index in [2.05, 4.69) is 38.5 Å². The first-order valence-corrected chi connectivity index (χ1v) is 8.60. The molecule has 0 spiro atoms. The number of methoxy groups -OCH3 is 1. The van der Waals surface area contributed by atoms with E-state index < -0.39 is 0 Å². The van der Waals surface area contributed by atoms with Crippen LogP contribution in [0.1, 0.15) is 16.7 Å². The second-order valence-electron chi connectivity index (χ2n) is 4.85. The number of carbonyl (C=O) groups is 1. The largest absolute Gasteiger partial charge is 0.488 e. The molecule has 0 atom stereocenters. The average molecular weight is 475 g/mol. The SMILES string of the molecule is COC(=O)Cc1cccc(I)c1COc1ccc(C)cc1Br. The maximum atomic E-state index is 11.5. The summed E-state index contributed by atoms with van der Waals surface area (Å²) >= 11 is 5.77. The third-order valence-electron chi connectivity index (χ3n) is 3.24. The number of hydrogen-bond donors (Lipinski definition) is 0. The third-order valence-corrected chi connectivity index (χ3v) is 4.87. The highest BCUT2D eigenvalue weighted by atomic mass is 127. The Labute approximate surface area is 152 Å². The summed E-state index contributed by atoms with van der Waals surface area (Å²) in [5.74, 6) is 0.536. The summed E-state index contributed by atoms with van der Waals surface area (Å²) in [5.41, 5.74) is 3.11. The maximum absolute atomic E-state index is 11.5. The number of carbonyl (C=O) groups excluding carboxylic acids is 1. The minimum absolute atomic E-state index is 0.250. The van der Waals surface area contributed by atoms with Gasteiger partial charge in [-0.2, -0.15) is 0 Å². The van der Waals surface area contributed by atoms with Crippen molar-refractivity contribution < 1.29 is 14.3 Å². The van der Waals surface area contributed by atoms with E-state index in [1.807, 2.05) is 43.3 Å². The van der Waals surface area contributed by atoms with Crippen molar-refractivity contribution in [3.63, 3.8) is 0 Å². The lowest BCUT2D eigenvalue weighted by Gasteiger charge is -2.13. The van der Waals surface area contributed by atoms with Gasteiger partial charge in [0.15, 0.2) is 0 Å². The van der Waals surface area contributed by atoms with E-state index in [-0.39, 0.29) is 12.4 Å². The zero-order valence-corrected chi connectivity index (χ0v) is 16.1. The van der Waals surface area contributed by atoms with Crippen molar-refractivity contribution >= 4 is 44.5 Å². The van der Waals surface area contributed by atoms with Gasteiger partial charge in [0.1, 0.15) is 12.4 Å². The topological polar surface area (TPSA) is 35.5 Å². The van der Waals surface area contributed by atoms with Gasteiger partial charge in [0.2, 0.25) is 0 Å². The van der Waals surface area contributed by atoms with Gasteiger partial charge in [-0.1, -0.05) is 18.2 Å². The zero-order valence-electron chi connectivity index (χ0n) is 12.4. The fourth-order valence-corrected chi connectivity index (χ4v) is 3.35. The van der Waals surface area contributed by atoms with Crippen LogP contribution in [0.5, 0.6) is 5.75 Å². The average Bonchev–Trinajstić information content (AvgIpc) is 2.48. The van der Waals surface area contributed by atoms with E-state index >= 15 is 0 Å². The smallest absolute Gasteiger partial charge is 0.309 e. The van der Waals surface area contributed by atoms with Crippen LogP contribution in [0.4, 0.5) is 0 Å². The molecule has 0 saturated carbocycles. The van der Waals surface area contributed by atoms with Gasteiger partial charge in [-0.15, -0.1) is 0 Å². The van der Waals surface area contributed by atoms with Crippen molar-refractivity contribution in [2.75, 3.05) is 7.11 Å². The number of halogens is 2. The van der Waals surface area contributed by atoms with E-state index in [9.17, 15) is 4.79 Å². The van der Waals surface area contributed by atoms with Crippen molar-refractivity contribution in [3.8, 4) is 5.75 Å². The van der Waals surface area contributed by atoms with Crippen LogP contribution in [0.3, 0.4) is 0 Å². The van der Waals surface area contributed by atoms with Crippen molar-refractivity contribution in [2.24, 2.45) is 0 Å². The van der Waals surface area contributed by atoms with Crippen LogP contribution < -0.4 is 4.74 Å². The van der Waals surface area contributed by atoms with Gasteiger partial charge in [-0.25, -0.2) is 0 Å². The summed E-state index contributed by atoms with van der Waals surface area (Å²) in [7, 11) is 1.40. The van der Waals surface area contributed by atoms with Gasteiger partial charge in [-0.05, 0) is 74.8 Å². The van der Waals surface area contributed by atoms with E-state index in [1.165, 1.54) is 12.7 Å². The molecule has 0 aromatic heterocycles. The van der Waals surface area contributed by atoms with Crippen LogP contribution in [0.2, 0.25) is 0 Å². The second kappa shape index (κ2) is 7.97. The molecule has 0 bridgehead atoms. The van der Waals surface area contributed by atoms with Crippen LogP contribution in [0.15, 0.2) is 40.9 Å². The Morgan fingerprint density at radius 2 is 2.05 bits per heavy atom. The summed E-state index contributed by atoms with van der Waals surface area (Å²) in [6.45, 7) is 2.44. The third kappa shape index (κ3) is 4.46. The molecule has 0 aliphatic rings. The molecule has 3 nitrogen and oxygen atoms in total. The number of ether oxygens (including phenoxy) is 2. The molecule has 0 radical (unpaired) electrons. The normalized spacial score (nSPS) is 10.4. The van der Waals surface area contributed by atoms with Crippen LogP contribution in [0, 0.1) is 10.5 Å². The molecule has 0 saturated heterocycles. The fraction of sp³-hybridized carbons (Fsp3) is 0.235. The summed E-state index contributed by atoms with van der Waals surface area (Å²) in [6, 6.07) is 11.8. The lowest BCUT2D eigenvalue weighted by atomic mass is 10.1. The van der Waals surface area contributed by atoms with Crippen LogP contribution in [0.25, 0.3) is 0 Å². The van der Waals surface area contributed by atoms with Crippen molar-refractivity contribution in [2.45, 2.75) is 20.0 Å². The van der Waals surface area contributed by atoms with Gasteiger partial charge >= 0.3 is 5.97 Å². The molecule has 0 N–H and O–H groups in total. The van der Waals surface area contributed by atoms with Crippen LogP contribution in [-0.4, -0.2) is 13.1 Å². The van der Waals surface area contributed by atoms with E-state index in [1.54, 1.807) is 0 Å². The Morgan fingerprint density at radius 1 is 1.27 bits per heavy atom. The lowest BCUT2D eigenvalue weighted by molar-refractivity contribution is -0.139. The highest BCUT2D eigenvalue weighted by molar-refractivity contribution is 14.1. The van der Waals surface area contributed by atoms with E-state index in [4.69, 9.17) is 9.47 Å². The Balaban J connectivity index is 2.19. The van der Waals surface area contributed by atoms with Crippen LogP contribution in [-0.2, 0) is 22.6 Å². The Hall–Kier alpha value is -1.08. The lowest BCUT2D eigenvalue weighted by Crippen LogP contribution is -2.09.